The molecule has 1 heterocycles. The number of hydrogen-bond acceptors (Lipinski definition) is 3. The van der Waals surface area contributed by atoms with Gasteiger partial charge in [-0.2, -0.15) is 8.78 Å². The molecule has 2 atom stereocenters. The summed E-state index contributed by atoms with van der Waals surface area (Å²) in [5.74, 6) is 0.752. The molecule has 1 aromatic heterocycles. The number of nitrogens with one attached hydrogen (secondary N) is 1. The topological polar surface area (TPSA) is 51.2 Å². The summed E-state index contributed by atoms with van der Waals surface area (Å²) in [6, 6.07) is 19.5. The lowest BCUT2D eigenvalue weighted by molar-refractivity contribution is 0.0938. The highest BCUT2D eigenvalue weighted by atomic mass is 31.0. The van der Waals surface area contributed by atoms with Crippen LogP contribution in [0.1, 0.15) is 48.4 Å². The van der Waals surface area contributed by atoms with E-state index in [1.165, 1.54) is 33.5 Å². The molecular formula is C27H26BF2N2O2P. The van der Waals surface area contributed by atoms with Crippen molar-refractivity contribution in [3.8, 4) is 11.5 Å². The van der Waals surface area contributed by atoms with Crippen molar-refractivity contribution in [1.29, 1.82) is 0 Å². The van der Waals surface area contributed by atoms with Crippen LogP contribution in [0.2, 0.25) is 0 Å². The lowest BCUT2D eigenvalue weighted by Gasteiger charge is -2.15. The molecule has 0 fully saturated rings. The molecule has 35 heavy (non-hydrogen) atoms. The summed E-state index contributed by atoms with van der Waals surface area (Å²) >= 11 is 0. The monoisotopic (exact) mass is 490 g/mol. The summed E-state index contributed by atoms with van der Waals surface area (Å²) in [6.45, 7) is 5.84. The number of alkyl halides is 2. The number of pyridine rings is 1. The van der Waals surface area contributed by atoms with Crippen LogP contribution in [-0.4, -0.2) is 18.7 Å². The first-order chi connectivity index (χ1) is 16.7. The number of carbonyl (C=O) groups is 1. The maximum Gasteiger partial charge on any atom is 0.283 e. The van der Waals surface area contributed by atoms with E-state index in [-0.39, 0.29) is 17.5 Å². The molecule has 1 N–H and O–H groups in total. The standard InChI is InChI=1S/C25H20BF2N2O2P.C2H6/c1-15(22-14-19(26)11-12-29-22)30-24(31)17-5-10-21-16(13-17)3-2-4-23(21)32-20-8-6-18(7-9-20)25(27,28)33;1-2/h2-15H,33H2,1H3,(H,30,31);1-2H3. The average molecular weight is 490 g/mol. The van der Waals surface area contributed by atoms with Gasteiger partial charge < -0.3 is 10.1 Å². The molecule has 8 heteroatoms. The third kappa shape index (κ3) is 6.64. The molecule has 2 unspecified atom stereocenters. The quantitative estimate of drug-likeness (QED) is 0.256. The van der Waals surface area contributed by atoms with Gasteiger partial charge in [-0.15, -0.1) is 0 Å². The molecule has 0 saturated heterocycles. The molecule has 4 rings (SSSR count). The Morgan fingerprint density at radius 3 is 2.43 bits per heavy atom. The highest BCUT2D eigenvalue weighted by Gasteiger charge is 2.24. The Bertz CT molecular complexity index is 1310. The Morgan fingerprint density at radius 1 is 1.06 bits per heavy atom. The van der Waals surface area contributed by atoms with Crippen LogP contribution in [0.5, 0.6) is 11.5 Å². The smallest absolute Gasteiger partial charge is 0.283 e. The number of aromatic nitrogens is 1. The minimum atomic E-state index is -2.99. The van der Waals surface area contributed by atoms with E-state index in [1.807, 2.05) is 32.9 Å². The number of halogens is 2. The normalized spacial score (nSPS) is 11.8. The van der Waals surface area contributed by atoms with Crippen molar-refractivity contribution in [2.24, 2.45) is 0 Å². The molecule has 2 radical (unpaired) electrons. The van der Waals surface area contributed by atoms with Crippen LogP contribution in [0.3, 0.4) is 0 Å². The van der Waals surface area contributed by atoms with Crippen molar-refractivity contribution in [3.05, 3.63) is 95.8 Å². The highest BCUT2D eigenvalue weighted by Crippen LogP contribution is 2.36. The van der Waals surface area contributed by atoms with Crippen molar-refractivity contribution < 1.29 is 18.3 Å². The zero-order valence-corrected chi connectivity index (χ0v) is 20.9. The molecule has 4 aromatic rings. The van der Waals surface area contributed by atoms with E-state index in [0.717, 1.165) is 10.8 Å². The number of rotatable bonds is 6. The molecule has 4 nitrogen and oxygen atoms in total. The van der Waals surface area contributed by atoms with Crippen LogP contribution >= 0.6 is 9.24 Å². The molecule has 0 aliphatic carbocycles. The Balaban J connectivity index is 0.00000167. The third-order valence-electron chi connectivity index (χ3n) is 5.17. The molecule has 178 valence electrons. The zero-order chi connectivity index (χ0) is 25.6. The van der Waals surface area contributed by atoms with E-state index in [9.17, 15) is 13.6 Å². The van der Waals surface area contributed by atoms with Crippen molar-refractivity contribution in [3.63, 3.8) is 0 Å². The van der Waals surface area contributed by atoms with Crippen molar-refractivity contribution in [2.45, 2.75) is 32.5 Å². The minimum absolute atomic E-state index is 0.115. The van der Waals surface area contributed by atoms with Gasteiger partial charge in [-0.1, -0.05) is 46.7 Å². The maximum absolute atomic E-state index is 13.4. The number of fused-ring (bicyclic) bond motifs is 1. The first-order valence-electron chi connectivity index (χ1n) is 11.2. The lowest BCUT2D eigenvalue weighted by atomic mass is 9.96. The fourth-order valence-corrected chi connectivity index (χ4v) is 3.61. The number of benzene rings is 3. The van der Waals surface area contributed by atoms with Gasteiger partial charge in [0.1, 0.15) is 19.3 Å². The summed E-state index contributed by atoms with van der Waals surface area (Å²) in [6.07, 6.45) is 1.60. The van der Waals surface area contributed by atoms with Crippen LogP contribution in [0.25, 0.3) is 10.8 Å². The molecule has 3 aromatic carbocycles. The van der Waals surface area contributed by atoms with Gasteiger partial charge in [0.25, 0.3) is 11.6 Å². The first-order valence-corrected chi connectivity index (χ1v) is 11.8. The Morgan fingerprint density at radius 2 is 1.77 bits per heavy atom. The molecule has 0 saturated carbocycles. The van der Waals surface area contributed by atoms with Crippen LogP contribution in [0.15, 0.2) is 79.0 Å². The fourth-order valence-electron chi connectivity index (χ4n) is 3.41. The van der Waals surface area contributed by atoms with Crippen LogP contribution < -0.4 is 15.5 Å². The van der Waals surface area contributed by atoms with Crippen LogP contribution in [0, 0.1) is 0 Å². The second-order valence-electron chi connectivity index (χ2n) is 7.65. The minimum Gasteiger partial charge on any atom is -0.457 e. The molecular weight excluding hydrogens is 464 g/mol. The van der Waals surface area contributed by atoms with Crippen molar-refractivity contribution in [1.82, 2.24) is 10.3 Å². The molecule has 0 spiro atoms. The van der Waals surface area contributed by atoms with E-state index in [4.69, 9.17) is 12.6 Å². The maximum atomic E-state index is 13.4. The average Bonchev–Trinajstić information content (AvgIpc) is 2.85. The Hall–Kier alpha value is -3.31. The van der Waals surface area contributed by atoms with Gasteiger partial charge in [-0.25, -0.2) is 0 Å². The van der Waals surface area contributed by atoms with Gasteiger partial charge in [-0.3, -0.25) is 9.78 Å². The molecule has 0 bridgehead atoms. The first kappa shape index (κ1) is 26.3. The zero-order valence-electron chi connectivity index (χ0n) is 19.8. The molecule has 1 amide bonds. The van der Waals surface area contributed by atoms with E-state index >= 15 is 0 Å². The van der Waals surface area contributed by atoms with Crippen molar-refractivity contribution >= 4 is 39.2 Å². The van der Waals surface area contributed by atoms with E-state index in [0.29, 0.717) is 28.2 Å². The predicted octanol–water partition coefficient (Wildman–Crippen LogP) is 6.26. The Labute approximate surface area is 207 Å². The molecule has 0 aliphatic rings. The van der Waals surface area contributed by atoms with E-state index in [2.05, 4.69) is 10.3 Å². The number of nitrogens with zero attached hydrogens (tertiary/aromatic N) is 1. The summed E-state index contributed by atoms with van der Waals surface area (Å²) in [5.41, 5.74) is -1.37. The van der Waals surface area contributed by atoms with Crippen molar-refractivity contribution in [2.75, 3.05) is 0 Å². The van der Waals surface area contributed by atoms with Crippen LogP contribution in [-0.2, 0) is 5.66 Å². The highest BCUT2D eigenvalue weighted by molar-refractivity contribution is 7.17. The van der Waals surface area contributed by atoms with Gasteiger partial charge in [0, 0.05) is 22.7 Å². The number of ether oxygens (including phenoxy) is 1. The summed E-state index contributed by atoms with van der Waals surface area (Å²) in [7, 11) is 7.31. The van der Waals surface area contributed by atoms with Gasteiger partial charge in [0.15, 0.2) is 0 Å². The summed E-state index contributed by atoms with van der Waals surface area (Å²) in [5, 5.41) is 4.53. The number of hydrogen-bond donors (Lipinski definition) is 1. The van der Waals surface area contributed by atoms with Gasteiger partial charge >= 0.3 is 0 Å². The van der Waals surface area contributed by atoms with E-state index in [1.54, 1.807) is 42.6 Å². The third-order valence-corrected chi connectivity index (χ3v) is 5.50. The number of carbonyl (C=O) groups excluding carboxylic acids is 1. The SMILES string of the molecule is CC.[B]c1ccnc(C(C)NC(=O)c2ccc3c(Oc4ccc(C(F)(F)P)cc4)cccc3c2)c1. The van der Waals surface area contributed by atoms with Crippen LogP contribution in [0.4, 0.5) is 8.78 Å². The second-order valence-corrected chi connectivity index (χ2v) is 8.38. The van der Waals surface area contributed by atoms with Gasteiger partial charge in [-0.05, 0) is 66.9 Å². The predicted molar refractivity (Wildman–Crippen MR) is 141 cm³/mol. The fraction of sp³-hybridized carbons (Fsp3) is 0.185. The summed E-state index contributed by atoms with van der Waals surface area (Å²) < 4.78 is 32.7. The van der Waals surface area contributed by atoms with Gasteiger partial charge in [0.05, 0.1) is 11.7 Å². The second kappa shape index (κ2) is 11.4. The number of amides is 1. The molecule has 0 aliphatic heterocycles. The lowest BCUT2D eigenvalue weighted by Crippen LogP contribution is -2.27. The largest absolute Gasteiger partial charge is 0.457 e. The Kier molecular flexibility index (Phi) is 8.58. The van der Waals surface area contributed by atoms with Gasteiger partial charge in [0.2, 0.25) is 0 Å². The summed E-state index contributed by atoms with van der Waals surface area (Å²) in [4.78, 5) is 17.0. The van der Waals surface area contributed by atoms with E-state index < -0.39 is 5.66 Å².